The zero-order chi connectivity index (χ0) is 26.9. The molecule has 11 heteroatoms. The minimum Gasteiger partial charge on any atom is -0.449 e. The Bertz CT molecular complexity index is 1170. The minimum absolute atomic E-state index is 0.000782. The first-order valence-electron chi connectivity index (χ1n) is 12.3. The van der Waals surface area contributed by atoms with E-state index in [-0.39, 0.29) is 23.6 Å². The second kappa shape index (κ2) is 12.8. The van der Waals surface area contributed by atoms with E-state index in [1.54, 1.807) is 31.3 Å². The van der Waals surface area contributed by atoms with Crippen LogP contribution in [0.15, 0.2) is 43.1 Å². The molecule has 3 N–H and O–H groups in total. The van der Waals surface area contributed by atoms with Crippen molar-refractivity contribution in [3.63, 3.8) is 0 Å². The maximum Gasteiger partial charge on any atom is 0.409 e. The third kappa shape index (κ3) is 7.04. The van der Waals surface area contributed by atoms with Crippen LogP contribution in [0.5, 0.6) is 0 Å². The highest BCUT2D eigenvalue weighted by Gasteiger charge is 2.33. The lowest BCUT2D eigenvalue weighted by molar-refractivity contribution is 0.0286. The number of rotatable bonds is 9. The predicted molar refractivity (Wildman–Crippen MR) is 139 cm³/mol. The molecule has 1 fully saturated rings. The third-order valence-electron chi connectivity index (χ3n) is 5.98. The minimum atomic E-state index is -0.976. The van der Waals surface area contributed by atoms with Crippen LogP contribution in [0.3, 0.4) is 0 Å². The van der Waals surface area contributed by atoms with Gasteiger partial charge in [0, 0.05) is 19.8 Å². The Hall–Kier alpha value is -3.99. The van der Waals surface area contributed by atoms with Gasteiger partial charge in [0.25, 0.3) is 11.8 Å². The molecule has 2 unspecified atom stereocenters. The van der Waals surface area contributed by atoms with Gasteiger partial charge in [-0.05, 0) is 37.5 Å². The van der Waals surface area contributed by atoms with Gasteiger partial charge in [0.05, 0.1) is 36.7 Å². The van der Waals surface area contributed by atoms with E-state index < -0.39 is 30.1 Å². The number of ether oxygens (including phenoxy) is 1. The lowest BCUT2D eigenvalue weighted by atomic mass is 10.0. The first-order chi connectivity index (χ1) is 17.8. The molecule has 0 radical (unpaired) electrons. The fraction of sp³-hybridized carbons (Fsp3) is 0.423. The van der Waals surface area contributed by atoms with Gasteiger partial charge in [-0.25, -0.2) is 9.78 Å². The molecular weight excluding hydrogens is 476 g/mol. The molecule has 0 aromatic carbocycles. The van der Waals surface area contributed by atoms with E-state index in [1.807, 2.05) is 19.9 Å². The number of allylic oxidation sites excluding steroid dienone is 3. The number of amides is 3. The summed E-state index contributed by atoms with van der Waals surface area (Å²) in [4.78, 5) is 43.9. The Morgan fingerprint density at radius 3 is 2.70 bits per heavy atom. The van der Waals surface area contributed by atoms with Gasteiger partial charge in [-0.2, -0.15) is 5.10 Å². The molecule has 3 amide bonds. The first kappa shape index (κ1) is 27.6. The number of aryl methyl sites for hydroxylation is 1. The number of anilines is 1. The highest BCUT2D eigenvalue weighted by molar-refractivity contribution is 6.07. The Morgan fingerprint density at radius 1 is 1.27 bits per heavy atom. The molecule has 1 aliphatic heterocycles. The molecule has 3 heterocycles. The summed E-state index contributed by atoms with van der Waals surface area (Å²) in [5.74, 6) is -1.05. The first-order valence-corrected chi connectivity index (χ1v) is 12.3. The van der Waals surface area contributed by atoms with Crippen LogP contribution >= 0.6 is 0 Å². The molecule has 2 aromatic rings. The van der Waals surface area contributed by atoms with Crippen molar-refractivity contribution in [1.29, 1.82) is 0 Å². The van der Waals surface area contributed by atoms with Gasteiger partial charge in [-0.15, -0.1) is 0 Å². The number of piperidine rings is 1. The van der Waals surface area contributed by atoms with Gasteiger partial charge >= 0.3 is 6.09 Å². The number of aliphatic hydroxyl groups excluding tert-OH is 1. The summed E-state index contributed by atoms with van der Waals surface area (Å²) in [5, 5.41) is 20.2. The van der Waals surface area contributed by atoms with Crippen molar-refractivity contribution in [2.24, 2.45) is 7.05 Å². The van der Waals surface area contributed by atoms with E-state index in [2.05, 4.69) is 27.3 Å². The molecule has 3 rings (SSSR count). The van der Waals surface area contributed by atoms with E-state index in [0.717, 1.165) is 18.4 Å². The summed E-state index contributed by atoms with van der Waals surface area (Å²) in [6.45, 7) is 8.32. The Kier molecular flexibility index (Phi) is 9.56. The van der Waals surface area contributed by atoms with Crippen LogP contribution < -0.4 is 10.6 Å². The summed E-state index contributed by atoms with van der Waals surface area (Å²) in [7, 11) is 1.63. The standard InChI is InChI=1S/C26H34N6O5/c1-5-8-14-37-26(36)32-13-12-19(22(33)16-32)28-25(35)23-21(15-31(4)30-23)29-24(34)20-11-9-10-18(27-20)17(6-2)7-3/h6-7,9-11,15,19,22,33H,2,5,8,12-14,16H2,1,3-4H3,(H,28,35)(H,29,34)/b17-7+. The number of aromatic nitrogens is 3. The van der Waals surface area contributed by atoms with Crippen molar-refractivity contribution in [3.05, 3.63) is 60.2 Å². The molecule has 0 bridgehead atoms. The highest BCUT2D eigenvalue weighted by Crippen LogP contribution is 2.19. The van der Waals surface area contributed by atoms with Crippen molar-refractivity contribution in [1.82, 2.24) is 25.0 Å². The van der Waals surface area contributed by atoms with Crippen LogP contribution in [0.4, 0.5) is 10.5 Å². The van der Waals surface area contributed by atoms with Crippen LogP contribution in [-0.2, 0) is 11.8 Å². The molecule has 0 spiro atoms. The van der Waals surface area contributed by atoms with Crippen LogP contribution in [0.1, 0.15) is 59.8 Å². The lowest BCUT2D eigenvalue weighted by Gasteiger charge is -2.35. The normalized spacial score (nSPS) is 17.7. The third-order valence-corrected chi connectivity index (χ3v) is 5.98. The Morgan fingerprint density at radius 2 is 2.03 bits per heavy atom. The maximum atomic E-state index is 13.0. The Labute approximate surface area is 216 Å². The zero-order valence-electron chi connectivity index (χ0n) is 21.4. The topological polar surface area (TPSA) is 139 Å². The van der Waals surface area contributed by atoms with Crippen LogP contribution in [-0.4, -0.2) is 74.5 Å². The molecule has 198 valence electrons. The van der Waals surface area contributed by atoms with Crippen molar-refractivity contribution in [2.45, 2.75) is 45.3 Å². The maximum absolute atomic E-state index is 13.0. The van der Waals surface area contributed by atoms with E-state index in [4.69, 9.17) is 4.74 Å². The Balaban J connectivity index is 1.65. The average molecular weight is 511 g/mol. The predicted octanol–water partition coefficient (Wildman–Crippen LogP) is 2.76. The summed E-state index contributed by atoms with van der Waals surface area (Å²) in [5.41, 5.74) is 1.76. The SMILES string of the molecule is C=C/C(=C\C)c1cccc(C(=O)Nc2cn(C)nc2C(=O)NC2CCN(C(=O)OCCCC)CC2O)n1. The molecule has 2 atom stereocenters. The molecular formula is C26H34N6O5. The molecule has 1 saturated heterocycles. The second-order valence-electron chi connectivity index (χ2n) is 8.73. The molecule has 1 aliphatic rings. The fourth-order valence-electron chi connectivity index (χ4n) is 3.92. The van der Waals surface area contributed by atoms with Crippen molar-refractivity contribution in [2.75, 3.05) is 25.0 Å². The van der Waals surface area contributed by atoms with Gasteiger partial charge in [0.2, 0.25) is 0 Å². The number of nitrogens with zero attached hydrogens (tertiary/aromatic N) is 4. The van der Waals surface area contributed by atoms with Gasteiger partial charge < -0.3 is 25.4 Å². The van der Waals surface area contributed by atoms with Gasteiger partial charge in [0.15, 0.2) is 5.69 Å². The van der Waals surface area contributed by atoms with Crippen molar-refractivity contribution < 1.29 is 24.2 Å². The summed E-state index contributed by atoms with van der Waals surface area (Å²) < 4.78 is 6.62. The number of nitrogens with one attached hydrogen (secondary N) is 2. The van der Waals surface area contributed by atoms with Crippen LogP contribution in [0.2, 0.25) is 0 Å². The number of aliphatic hydroxyl groups is 1. The van der Waals surface area contributed by atoms with E-state index in [0.29, 0.717) is 25.3 Å². The van der Waals surface area contributed by atoms with Crippen molar-refractivity contribution >= 4 is 29.2 Å². The molecule has 37 heavy (non-hydrogen) atoms. The number of likely N-dealkylation sites (tertiary alicyclic amines) is 1. The second-order valence-corrected chi connectivity index (χ2v) is 8.73. The number of carbonyl (C=O) groups is 3. The number of unbranched alkanes of at least 4 members (excludes halogenated alkanes) is 1. The number of β-amino-alcohol motifs (C(OH)–C–C–N with tert-alkyl or cyclic N) is 1. The van der Waals surface area contributed by atoms with E-state index in [1.165, 1.54) is 15.8 Å². The summed E-state index contributed by atoms with van der Waals surface area (Å²) >= 11 is 0. The van der Waals surface area contributed by atoms with Gasteiger partial charge in [-0.3, -0.25) is 14.3 Å². The average Bonchev–Trinajstić information content (AvgIpc) is 3.26. The zero-order valence-corrected chi connectivity index (χ0v) is 21.4. The summed E-state index contributed by atoms with van der Waals surface area (Å²) in [6, 6.07) is 4.48. The molecule has 2 aromatic heterocycles. The van der Waals surface area contributed by atoms with Crippen LogP contribution in [0, 0.1) is 0 Å². The van der Waals surface area contributed by atoms with Gasteiger partial charge in [0.1, 0.15) is 5.69 Å². The molecule has 11 nitrogen and oxygen atoms in total. The smallest absolute Gasteiger partial charge is 0.409 e. The number of hydrogen-bond donors (Lipinski definition) is 3. The van der Waals surface area contributed by atoms with Crippen molar-refractivity contribution in [3.8, 4) is 0 Å². The van der Waals surface area contributed by atoms with E-state index >= 15 is 0 Å². The monoisotopic (exact) mass is 510 g/mol. The summed E-state index contributed by atoms with van der Waals surface area (Å²) in [6.07, 6.45) is 5.60. The van der Waals surface area contributed by atoms with Crippen LogP contribution in [0.25, 0.3) is 5.57 Å². The molecule has 0 saturated carbocycles. The number of pyridine rings is 1. The largest absolute Gasteiger partial charge is 0.449 e. The van der Waals surface area contributed by atoms with E-state index in [9.17, 15) is 19.5 Å². The highest BCUT2D eigenvalue weighted by atomic mass is 16.6. The lowest BCUT2D eigenvalue weighted by Crippen LogP contribution is -2.55. The fourth-order valence-corrected chi connectivity index (χ4v) is 3.92. The van der Waals surface area contributed by atoms with Gasteiger partial charge in [-0.1, -0.05) is 38.1 Å². The quantitative estimate of drug-likeness (QED) is 0.348. The number of hydrogen-bond acceptors (Lipinski definition) is 7. The molecule has 0 aliphatic carbocycles. The number of carbonyl (C=O) groups excluding carboxylic acids is 3.